The second-order valence-corrected chi connectivity index (χ2v) is 9.91. The van der Waals surface area contributed by atoms with Gasteiger partial charge in [-0.05, 0) is 64.7 Å². The molecule has 0 saturated heterocycles. The summed E-state index contributed by atoms with van der Waals surface area (Å²) in [6.45, 7) is 3.83. The second kappa shape index (κ2) is 11.8. The summed E-state index contributed by atoms with van der Waals surface area (Å²) in [5.74, 6) is 0. The third-order valence-corrected chi connectivity index (χ3v) is 7.33. The van der Waals surface area contributed by atoms with Gasteiger partial charge in [-0.3, -0.25) is 4.90 Å². The standard InChI is InChI=1S/C34H31N5/c1-3-4-18-39(23-26-14-12-25(20-35)13-15-26)34(33-22-37-24-38(33)2)28-16-17-29(21-36)32(19-28)31-11-7-9-27-8-5-6-10-30(27)31/h5-17,19,22,24,34H,3-4,18,23H2,1-2H3. The number of aryl methyl sites for hydroxylation is 1. The molecular formula is C34H31N5. The molecule has 5 nitrogen and oxygen atoms in total. The lowest BCUT2D eigenvalue weighted by Gasteiger charge is -2.33. The van der Waals surface area contributed by atoms with Crippen LogP contribution in [0.25, 0.3) is 21.9 Å². The maximum atomic E-state index is 10.1. The zero-order valence-electron chi connectivity index (χ0n) is 22.4. The van der Waals surface area contributed by atoms with Crippen LogP contribution in [0.1, 0.15) is 53.8 Å². The molecule has 5 heteroatoms. The van der Waals surface area contributed by atoms with Crippen molar-refractivity contribution in [1.82, 2.24) is 14.5 Å². The fraction of sp³-hybridized carbons (Fsp3) is 0.206. The smallest absolute Gasteiger partial charge is 0.0998 e. The Labute approximate surface area is 230 Å². The Balaban J connectivity index is 1.66. The van der Waals surface area contributed by atoms with E-state index in [0.29, 0.717) is 11.1 Å². The van der Waals surface area contributed by atoms with Gasteiger partial charge in [0.05, 0.1) is 47.5 Å². The summed E-state index contributed by atoms with van der Waals surface area (Å²) < 4.78 is 2.08. The van der Waals surface area contributed by atoms with Crippen LogP contribution >= 0.6 is 0 Å². The van der Waals surface area contributed by atoms with E-state index in [-0.39, 0.29) is 6.04 Å². The third kappa shape index (κ3) is 5.46. The Bertz CT molecular complexity index is 1660. The van der Waals surface area contributed by atoms with E-state index in [1.54, 1.807) is 0 Å². The molecular weight excluding hydrogens is 478 g/mol. The molecule has 0 spiro atoms. The molecule has 0 radical (unpaired) electrons. The van der Waals surface area contributed by atoms with E-state index in [2.05, 4.69) is 76.0 Å². The summed E-state index contributed by atoms with van der Waals surface area (Å²) in [5, 5.41) is 21.6. The van der Waals surface area contributed by atoms with E-state index in [1.165, 1.54) is 0 Å². The van der Waals surface area contributed by atoms with E-state index in [0.717, 1.165) is 64.7 Å². The zero-order valence-corrected chi connectivity index (χ0v) is 22.4. The Kier molecular flexibility index (Phi) is 7.83. The van der Waals surface area contributed by atoms with Gasteiger partial charge in [0, 0.05) is 19.2 Å². The molecule has 0 bridgehead atoms. The normalized spacial score (nSPS) is 11.8. The predicted octanol–water partition coefficient (Wildman–Crippen LogP) is 7.38. The molecule has 0 aliphatic rings. The number of aromatic nitrogens is 2. The average Bonchev–Trinajstić information content (AvgIpc) is 3.41. The molecule has 5 aromatic rings. The minimum atomic E-state index is -0.0684. The van der Waals surface area contributed by atoms with Gasteiger partial charge in [-0.15, -0.1) is 0 Å². The van der Waals surface area contributed by atoms with Crippen molar-refractivity contribution < 1.29 is 0 Å². The van der Waals surface area contributed by atoms with Crippen molar-refractivity contribution in [3.8, 4) is 23.3 Å². The molecule has 1 heterocycles. The fourth-order valence-electron chi connectivity index (χ4n) is 5.29. The molecule has 0 aliphatic heterocycles. The lowest BCUT2D eigenvalue weighted by Crippen LogP contribution is -2.31. The van der Waals surface area contributed by atoms with Crippen LogP contribution in [-0.4, -0.2) is 21.0 Å². The van der Waals surface area contributed by atoms with Gasteiger partial charge in [0.1, 0.15) is 0 Å². The zero-order chi connectivity index (χ0) is 27.2. The van der Waals surface area contributed by atoms with Gasteiger partial charge in [0.25, 0.3) is 0 Å². The number of nitrogens with zero attached hydrogens (tertiary/aromatic N) is 5. The van der Waals surface area contributed by atoms with Gasteiger partial charge in [0.2, 0.25) is 0 Å². The van der Waals surface area contributed by atoms with Crippen LogP contribution in [0.4, 0.5) is 0 Å². The SMILES string of the molecule is CCCCN(Cc1ccc(C#N)cc1)C(c1ccc(C#N)c(-c2cccc3ccccc23)c1)c1cncn1C. The van der Waals surface area contributed by atoms with E-state index in [9.17, 15) is 10.5 Å². The van der Waals surface area contributed by atoms with Crippen LogP contribution in [0.5, 0.6) is 0 Å². The van der Waals surface area contributed by atoms with Gasteiger partial charge in [-0.1, -0.05) is 74.0 Å². The van der Waals surface area contributed by atoms with Crippen molar-refractivity contribution in [3.05, 3.63) is 125 Å². The van der Waals surface area contributed by atoms with Gasteiger partial charge in [-0.25, -0.2) is 4.98 Å². The highest BCUT2D eigenvalue weighted by Crippen LogP contribution is 2.36. The van der Waals surface area contributed by atoms with Crippen LogP contribution in [0.3, 0.4) is 0 Å². The molecule has 5 rings (SSSR count). The van der Waals surface area contributed by atoms with Gasteiger partial charge in [-0.2, -0.15) is 10.5 Å². The molecule has 1 atom stereocenters. The predicted molar refractivity (Wildman–Crippen MR) is 156 cm³/mol. The highest BCUT2D eigenvalue weighted by atomic mass is 15.2. The summed E-state index contributed by atoms with van der Waals surface area (Å²) in [4.78, 5) is 6.95. The molecule has 0 N–H and O–H groups in total. The first-order valence-corrected chi connectivity index (χ1v) is 13.3. The lowest BCUT2D eigenvalue weighted by atomic mass is 9.90. The first kappa shape index (κ1) is 25.9. The van der Waals surface area contributed by atoms with Crippen LogP contribution in [-0.2, 0) is 13.6 Å². The summed E-state index contributed by atoms with van der Waals surface area (Å²) in [5.41, 5.74) is 6.67. The monoisotopic (exact) mass is 509 g/mol. The van der Waals surface area contributed by atoms with Crippen molar-refractivity contribution in [2.75, 3.05) is 6.54 Å². The Morgan fingerprint density at radius 1 is 0.897 bits per heavy atom. The number of unbranched alkanes of at least 4 members (excludes halogenated alkanes) is 1. The number of hydrogen-bond donors (Lipinski definition) is 0. The lowest BCUT2D eigenvalue weighted by molar-refractivity contribution is 0.207. The Hall–Kier alpha value is -4.71. The maximum absolute atomic E-state index is 10.1. The topological polar surface area (TPSA) is 68.6 Å². The quantitative estimate of drug-likeness (QED) is 0.208. The van der Waals surface area contributed by atoms with Crippen molar-refractivity contribution in [2.24, 2.45) is 7.05 Å². The summed E-state index contributed by atoms with van der Waals surface area (Å²) in [6, 6.07) is 33.2. The van der Waals surface area contributed by atoms with Crippen molar-refractivity contribution >= 4 is 10.8 Å². The minimum Gasteiger partial charge on any atom is -0.336 e. The highest BCUT2D eigenvalue weighted by molar-refractivity contribution is 5.97. The number of nitriles is 2. The number of rotatable bonds is 9. The minimum absolute atomic E-state index is 0.0684. The molecule has 0 amide bonds. The molecule has 192 valence electrons. The number of fused-ring (bicyclic) bond motifs is 1. The largest absolute Gasteiger partial charge is 0.336 e. The first-order valence-electron chi connectivity index (χ1n) is 13.3. The van der Waals surface area contributed by atoms with Crippen LogP contribution in [0, 0.1) is 22.7 Å². The fourth-order valence-corrected chi connectivity index (χ4v) is 5.29. The van der Waals surface area contributed by atoms with Crippen LogP contribution in [0.15, 0.2) is 97.5 Å². The molecule has 1 unspecified atom stereocenters. The Morgan fingerprint density at radius 2 is 1.69 bits per heavy atom. The van der Waals surface area contributed by atoms with Crippen molar-refractivity contribution in [2.45, 2.75) is 32.4 Å². The average molecular weight is 510 g/mol. The summed E-state index contributed by atoms with van der Waals surface area (Å²) in [7, 11) is 2.03. The number of hydrogen-bond acceptors (Lipinski definition) is 4. The van der Waals surface area contributed by atoms with Crippen LogP contribution < -0.4 is 0 Å². The summed E-state index contributed by atoms with van der Waals surface area (Å²) >= 11 is 0. The van der Waals surface area contributed by atoms with E-state index in [1.807, 2.05) is 62.0 Å². The molecule has 1 aromatic heterocycles. The number of benzene rings is 4. The Morgan fingerprint density at radius 3 is 2.41 bits per heavy atom. The molecule has 0 fully saturated rings. The first-order chi connectivity index (χ1) is 19.1. The molecule has 0 aliphatic carbocycles. The molecule has 4 aromatic carbocycles. The van der Waals surface area contributed by atoms with E-state index >= 15 is 0 Å². The second-order valence-electron chi connectivity index (χ2n) is 9.91. The molecule has 39 heavy (non-hydrogen) atoms. The van der Waals surface area contributed by atoms with Crippen molar-refractivity contribution in [3.63, 3.8) is 0 Å². The van der Waals surface area contributed by atoms with Crippen molar-refractivity contribution in [1.29, 1.82) is 10.5 Å². The van der Waals surface area contributed by atoms with E-state index in [4.69, 9.17) is 0 Å². The van der Waals surface area contributed by atoms with Gasteiger partial charge >= 0.3 is 0 Å². The van der Waals surface area contributed by atoms with Crippen LogP contribution in [0.2, 0.25) is 0 Å². The van der Waals surface area contributed by atoms with E-state index < -0.39 is 0 Å². The highest BCUT2D eigenvalue weighted by Gasteiger charge is 2.26. The number of imidazole rings is 1. The summed E-state index contributed by atoms with van der Waals surface area (Å²) in [6.07, 6.45) is 5.92. The molecule has 0 saturated carbocycles. The third-order valence-electron chi connectivity index (χ3n) is 7.33. The van der Waals surface area contributed by atoms with Gasteiger partial charge < -0.3 is 4.57 Å². The maximum Gasteiger partial charge on any atom is 0.0998 e. The van der Waals surface area contributed by atoms with Gasteiger partial charge in [0.15, 0.2) is 0 Å².